The summed E-state index contributed by atoms with van der Waals surface area (Å²) < 4.78 is 0. The second-order valence-corrected chi connectivity index (χ2v) is 7.66. The molecule has 0 saturated heterocycles. The Labute approximate surface area is 166 Å². The van der Waals surface area contributed by atoms with Crippen LogP contribution < -0.4 is 10.6 Å². The Hall–Kier alpha value is -2.82. The van der Waals surface area contributed by atoms with Gasteiger partial charge in [0.25, 0.3) is 5.91 Å². The topological polar surface area (TPSA) is 69.8 Å². The number of carbonyl (C=O) groups excluding carboxylic acids is 1. The van der Waals surface area contributed by atoms with E-state index < -0.39 is 0 Å². The first-order valence-electron chi connectivity index (χ1n) is 10.3. The number of anilines is 1. The van der Waals surface area contributed by atoms with Crippen molar-refractivity contribution in [3.05, 3.63) is 60.0 Å². The smallest absolute Gasteiger partial charge is 0.252 e. The van der Waals surface area contributed by atoms with Crippen LogP contribution in [0.5, 0.6) is 0 Å². The van der Waals surface area contributed by atoms with Gasteiger partial charge in [0.15, 0.2) is 0 Å². The monoisotopic (exact) mass is 376 g/mol. The number of rotatable bonds is 6. The minimum atomic E-state index is -0.0724. The Kier molecular flexibility index (Phi) is 5.90. The fourth-order valence-electron chi connectivity index (χ4n) is 4.05. The minimum Gasteiger partial charge on any atom is -0.381 e. The van der Waals surface area contributed by atoms with Crippen molar-refractivity contribution in [1.82, 2.24) is 15.3 Å². The number of carbonyl (C=O) groups is 1. The van der Waals surface area contributed by atoms with Crippen molar-refractivity contribution in [2.75, 3.05) is 11.9 Å². The summed E-state index contributed by atoms with van der Waals surface area (Å²) >= 11 is 0. The number of H-pyrrole nitrogens is 1. The summed E-state index contributed by atoms with van der Waals surface area (Å²) in [5.41, 5.74) is 3.90. The molecule has 1 amide bonds. The van der Waals surface area contributed by atoms with Crippen LogP contribution in [0.2, 0.25) is 0 Å². The van der Waals surface area contributed by atoms with E-state index in [1.807, 2.05) is 30.6 Å². The number of aromatic amines is 1. The van der Waals surface area contributed by atoms with E-state index in [-0.39, 0.29) is 5.91 Å². The second kappa shape index (κ2) is 8.91. The van der Waals surface area contributed by atoms with Gasteiger partial charge in [-0.25, -0.2) is 0 Å². The van der Waals surface area contributed by atoms with Crippen LogP contribution in [0.15, 0.2) is 48.9 Å². The van der Waals surface area contributed by atoms with Gasteiger partial charge in [0.1, 0.15) is 0 Å². The highest BCUT2D eigenvalue weighted by Crippen LogP contribution is 2.21. The molecule has 0 unspecified atom stereocenters. The van der Waals surface area contributed by atoms with E-state index in [9.17, 15) is 4.79 Å². The molecular weight excluding hydrogens is 348 g/mol. The fourth-order valence-corrected chi connectivity index (χ4v) is 4.05. The summed E-state index contributed by atoms with van der Waals surface area (Å²) in [5, 5.41) is 7.81. The maximum Gasteiger partial charge on any atom is 0.252 e. The van der Waals surface area contributed by atoms with Crippen molar-refractivity contribution in [3.8, 4) is 0 Å². The van der Waals surface area contributed by atoms with E-state index in [4.69, 9.17) is 0 Å². The minimum absolute atomic E-state index is 0.0724. The van der Waals surface area contributed by atoms with Gasteiger partial charge in [-0.2, -0.15) is 0 Å². The zero-order valence-corrected chi connectivity index (χ0v) is 16.2. The summed E-state index contributed by atoms with van der Waals surface area (Å²) in [7, 11) is 0. The van der Waals surface area contributed by atoms with E-state index in [1.165, 1.54) is 49.5 Å². The molecule has 1 aliphatic rings. The highest BCUT2D eigenvalue weighted by atomic mass is 16.1. The van der Waals surface area contributed by atoms with Crippen LogP contribution in [0.3, 0.4) is 0 Å². The van der Waals surface area contributed by atoms with Crippen LogP contribution in [0.4, 0.5) is 5.69 Å². The Balaban J connectivity index is 1.33. The lowest BCUT2D eigenvalue weighted by Gasteiger charge is -2.17. The van der Waals surface area contributed by atoms with Gasteiger partial charge in [0.2, 0.25) is 0 Å². The highest BCUT2D eigenvalue weighted by Gasteiger charge is 2.13. The molecule has 5 nitrogen and oxygen atoms in total. The lowest BCUT2D eigenvalue weighted by atomic mass is 10.1. The highest BCUT2D eigenvalue weighted by molar-refractivity contribution is 5.94. The molecule has 0 aliphatic heterocycles. The third kappa shape index (κ3) is 4.53. The number of fused-ring (bicyclic) bond motifs is 1. The van der Waals surface area contributed by atoms with E-state index in [0.717, 1.165) is 17.6 Å². The van der Waals surface area contributed by atoms with Crippen LogP contribution >= 0.6 is 0 Å². The number of hydrogen-bond acceptors (Lipinski definition) is 3. The zero-order chi connectivity index (χ0) is 19.2. The summed E-state index contributed by atoms with van der Waals surface area (Å²) in [6, 6.07) is 10.6. The zero-order valence-electron chi connectivity index (χ0n) is 16.2. The maximum absolute atomic E-state index is 12.5. The molecule has 3 N–H and O–H groups in total. The molecule has 2 heterocycles. The molecule has 0 radical (unpaired) electrons. The third-order valence-corrected chi connectivity index (χ3v) is 5.58. The number of amides is 1. The lowest BCUT2D eigenvalue weighted by molar-refractivity contribution is 0.0954. The predicted octanol–water partition coefficient (Wildman–Crippen LogP) is 4.67. The molecule has 0 bridgehead atoms. The van der Waals surface area contributed by atoms with E-state index in [1.54, 1.807) is 6.20 Å². The summed E-state index contributed by atoms with van der Waals surface area (Å²) in [4.78, 5) is 20.1. The van der Waals surface area contributed by atoms with Gasteiger partial charge < -0.3 is 15.6 Å². The first-order valence-corrected chi connectivity index (χ1v) is 10.3. The SMILES string of the molecule is O=C(NCCc1c[nH]c2ccccc12)c1cncc(NC2CCCCCC2)c1. The van der Waals surface area contributed by atoms with Crippen molar-refractivity contribution in [2.24, 2.45) is 0 Å². The Morgan fingerprint density at radius 3 is 2.79 bits per heavy atom. The molecule has 4 rings (SSSR count). The van der Waals surface area contributed by atoms with Crippen LogP contribution in [-0.2, 0) is 6.42 Å². The second-order valence-electron chi connectivity index (χ2n) is 7.66. The van der Waals surface area contributed by atoms with Gasteiger partial charge in [-0.3, -0.25) is 9.78 Å². The van der Waals surface area contributed by atoms with Crippen LogP contribution in [-0.4, -0.2) is 28.5 Å². The molecule has 1 fully saturated rings. The first kappa shape index (κ1) is 18.5. The molecule has 5 heteroatoms. The average molecular weight is 377 g/mol. The van der Waals surface area contributed by atoms with Gasteiger partial charge in [0.05, 0.1) is 11.3 Å². The third-order valence-electron chi connectivity index (χ3n) is 5.58. The standard InChI is InChI=1S/C23H28N4O/c28-23(25-12-11-17-15-26-22-10-6-5-9-21(17)22)18-13-20(16-24-14-18)27-19-7-3-1-2-4-8-19/h5-6,9-10,13-16,19,26-27H,1-4,7-8,11-12H2,(H,25,28). The number of hydrogen-bond donors (Lipinski definition) is 3. The molecule has 1 aliphatic carbocycles. The predicted molar refractivity (Wildman–Crippen MR) is 114 cm³/mol. The lowest BCUT2D eigenvalue weighted by Crippen LogP contribution is -2.26. The molecule has 2 aromatic heterocycles. The molecule has 28 heavy (non-hydrogen) atoms. The first-order chi connectivity index (χ1) is 13.8. The van der Waals surface area contributed by atoms with E-state index >= 15 is 0 Å². The van der Waals surface area contributed by atoms with Gasteiger partial charge in [-0.15, -0.1) is 0 Å². The van der Waals surface area contributed by atoms with Crippen LogP contribution in [0.25, 0.3) is 10.9 Å². The summed E-state index contributed by atoms with van der Waals surface area (Å²) in [6.07, 6.45) is 13.9. The normalized spacial score (nSPS) is 15.3. The van der Waals surface area contributed by atoms with Crippen LogP contribution in [0.1, 0.15) is 54.4 Å². The largest absolute Gasteiger partial charge is 0.381 e. The molecular formula is C23H28N4O. The Morgan fingerprint density at radius 2 is 1.93 bits per heavy atom. The number of aromatic nitrogens is 2. The molecule has 3 aromatic rings. The van der Waals surface area contributed by atoms with Crippen molar-refractivity contribution in [2.45, 2.75) is 51.0 Å². The molecule has 1 saturated carbocycles. The van der Waals surface area contributed by atoms with Crippen molar-refractivity contribution < 1.29 is 4.79 Å². The number of pyridine rings is 1. The van der Waals surface area contributed by atoms with Crippen molar-refractivity contribution in [3.63, 3.8) is 0 Å². The Morgan fingerprint density at radius 1 is 1.11 bits per heavy atom. The summed E-state index contributed by atoms with van der Waals surface area (Å²) in [5.74, 6) is -0.0724. The Bertz CT molecular complexity index is 925. The quantitative estimate of drug-likeness (QED) is 0.548. The molecule has 0 spiro atoms. The number of benzene rings is 1. The molecule has 1 aromatic carbocycles. The van der Waals surface area contributed by atoms with Gasteiger partial charge in [-0.1, -0.05) is 43.9 Å². The number of nitrogens with zero attached hydrogens (tertiary/aromatic N) is 1. The number of nitrogens with one attached hydrogen (secondary N) is 3. The summed E-state index contributed by atoms with van der Waals surface area (Å²) in [6.45, 7) is 0.598. The van der Waals surface area contributed by atoms with E-state index in [2.05, 4.69) is 32.7 Å². The molecule has 146 valence electrons. The fraction of sp³-hybridized carbons (Fsp3) is 0.391. The van der Waals surface area contributed by atoms with E-state index in [0.29, 0.717) is 18.2 Å². The van der Waals surface area contributed by atoms with Gasteiger partial charge >= 0.3 is 0 Å². The number of para-hydroxylation sites is 1. The van der Waals surface area contributed by atoms with Crippen molar-refractivity contribution >= 4 is 22.5 Å². The van der Waals surface area contributed by atoms with Gasteiger partial charge in [-0.05, 0) is 37.0 Å². The van der Waals surface area contributed by atoms with Gasteiger partial charge in [0, 0.05) is 42.1 Å². The maximum atomic E-state index is 12.5. The average Bonchev–Trinajstić information content (AvgIpc) is 2.95. The van der Waals surface area contributed by atoms with Crippen molar-refractivity contribution in [1.29, 1.82) is 0 Å². The van der Waals surface area contributed by atoms with Crippen LogP contribution in [0, 0.1) is 0 Å². The molecule has 0 atom stereocenters.